The Morgan fingerprint density at radius 1 is 1.06 bits per heavy atom. The Morgan fingerprint density at radius 3 is 2.36 bits per heavy atom. The molecule has 2 aromatic carbocycles. The van der Waals surface area contributed by atoms with E-state index < -0.39 is 17.8 Å². The fraction of sp³-hybridized carbons (Fsp3) is 0.0952. The van der Waals surface area contributed by atoms with Gasteiger partial charge in [0.2, 0.25) is 0 Å². The quantitative estimate of drug-likeness (QED) is 0.427. The minimum atomic E-state index is -0.879. The van der Waals surface area contributed by atoms with Gasteiger partial charge in [-0.2, -0.15) is 0 Å². The fourth-order valence-electron chi connectivity index (χ4n) is 2.56. The summed E-state index contributed by atoms with van der Waals surface area (Å²) in [6, 6.07) is 12.2. The van der Waals surface area contributed by atoms with Gasteiger partial charge in [0, 0.05) is 24.0 Å². The molecule has 172 valence electrons. The van der Waals surface area contributed by atoms with Crippen molar-refractivity contribution in [3.8, 4) is 11.8 Å². The maximum Gasteiger partial charge on any atom is 0.347 e. The number of rotatable bonds is 5. The summed E-state index contributed by atoms with van der Waals surface area (Å²) in [7, 11) is 0. The van der Waals surface area contributed by atoms with E-state index in [0.717, 1.165) is 10.5 Å². The van der Waals surface area contributed by atoms with Gasteiger partial charge in [-0.1, -0.05) is 24.3 Å². The smallest absolute Gasteiger partial charge is 0.347 e. The number of ether oxygens (including phenoxy) is 1. The highest BCUT2D eigenvalue weighted by molar-refractivity contribution is 9.10. The zero-order valence-electron chi connectivity index (χ0n) is 17.3. The second-order valence-electron chi connectivity index (χ2n) is 6.42. The molecule has 0 aliphatic carbocycles. The summed E-state index contributed by atoms with van der Waals surface area (Å²) in [5.74, 6) is -0.889. The normalized spacial score (nSPS) is 9.91. The molecule has 1 aromatic heterocycles. The molecule has 0 atom stereocenters. The molecule has 0 aliphatic rings. The van der Waals surface area contributed by atoms with Gasteiger partial charge in [-0.3, -0.25) is 15.0 Å². The van der Waals surface area contributed by atoms with E-state index in [4.69, 9.17) is 10.5 Å². The first kappa shape index (κ1) is 25.7. The first-order valence-electron chi connectivity index (χ1n) is 9.33. The number of carbonyl (C=O) groups excluding carboxylic acids is 3. The number of aryl methyl sites for hydroxylation is 1. The van der Waals surface area contributed by atoms with E-state index in [2.05, 4.69) is 36.7 Å². The standard InChI is InChI=1S/C21H19BrN6O4.ClH/c1-13-7-8-16(9-17(13)32-20-24-11-15(22)12-25-20)28(21(31)27-26-18(29)10-23)19(30)14-5-3-2-4-6-14;/h2-9,11-12H,10,23H2,1H3,(H,26,29)(H,27,31);1H. The van der Waals surface area contributed by atoms with Gasteiger partial charge in [-0.15, -0.1) is 12.4 Å². The predicted octanol–water partition coefficient (Wildman–Crippen LogP) is 3.11. The van der Waals surface area contributed by atoms with Gasteiger partial charge in [0.15, 0.2) is 0 Å². The number of nitrogens with two attached hydrogens (primary N) is 1. The minimum Gasteiger partial charge on any atom is -0.424 e. The number of hydrogen-bond acceptors (Lipinski definition) is 7. The van der Waals surface area contributed by atoms with Crippen LogP contribution < -0.4 is 26.2 Å². The van der Waals surface area contributed by atoms with E-state index in [0.29, 0.717) is 10.2 Å². The lowest BCUT2D eigenvalue weighted by atomic mass is 10.1. The highest BCUT2D eigenvalue weighted by atomic mass is 79.9. The number of anilines is 1. The Bertz CT molecular complexity index is 1130. The van der Waals surface area contributed by atoms with Gasteiger partial charge in [0.1, 0.15) is 5.75 Å². The summed E-state index contributed by atoms with van der Waals surface area (Å²) >= 11 is 3.25. The van der Waals surface area contributed by atoms with Crippen molar-refractivity contribution < 1.29 is 19.1 Å². The van der Waals surface area contributed by atoms with Crippen molar-refractivity contribution in [3.63, 3.8) is 0 Å². The molecular formula is C21H20BrClN6O4. The second-order valence-corrected chi connectivity index (χ2v) is 7.34. The van der Waals surface area contributed by atoms with Crippen LogP contribution in [0.2, 0.25) is 0 Å². The lowest BCUT2D eigenvalue weighted by molar-refractivity contribution is -0.120. The number of aromatic nitrogens is 2. The molecule has 12 heteroatoms. The summed E-state index contributed by atoms with van der Waals surface area (Å²) in [6.45, 7) is 1.46. The number of benzene rings is 2. The van der Waals surface area contributed by atoms with Crippen LogP contribution in [0.1, 0.15) is 15.9 Å². The third kappa shape index (κ3) is 6.72. The molecule has 10 nitrogen and oxygen atoms in total. The van der Waals surface area contributed by atoms with Crippen LogP contribution in [0.5, 0.6) is 11.8 Å². The Labute approximate surface area is 204 Å². The molecule has 4 N–H and O–H groups in total. The molecule has 3 aromatic rings. The maximum atomic E-state index is 13.1. The number of imide groups is 1. The van der Waals surface area contributed by atoms with Gasteiger partial charge >= 0.3 is 12.0 Å². The molecule has 0 radical (unpaired) electrons. The molecule has 0 aliphatic heterocycles. The van der Waals surface area contributed by atoms with E-state index in [1.54, 1.807) is 49.4 Å². The molecule has 33 heavy (non-hydrogen) atoms. The van der Waals surface area contributed by atoms with Crippen molar-refractivity contribution in [2.75, 3.05) is 11.4 Å². The molecule has 4 amide bonds. The van der Waals surface area contributed by atoms with E-state index in [1.807, 2.05) is 0 Å². The Hall–Kier alpha value is -3.54. The molecule has 0 unspecified atom stereocenters. The van der Waals surface area contributed by atoms with Crippen LogP contribution >= 0.6 is 28.3 Å². The lowest BCUT2D eigenvalue weighted by Crippen LogP contribution is -2.52. The van der Waals surface area contributed by atoms with Gasteiger partial charge in [0.25, 0.3) is 11.8 Å². The number of hydrazine groups is 1. The summed E-state index contributed by atoms with van der Waals surface area (Å²) in [4.78, 5) is 46.4. The third-order valence-electron chi connectivity index (χ3n) is 4.15. The number of halogens is 2. The second kappa shape index (κ2) is 11.9. The number of urea groups is 1. The van der Waals surface area contributed by atoms with Crippen LogP contribution in [0.4, 0.5) is 10.5 Å². The van der Waals surface area contributed by atoms with Gasteiger partial charge in [-0.05, 0) is 46.6 Å². The van der Waals surface area contributed by atoms with Gasteiger partial charge < -0.3 is 10.5 Å². The summed E-state index contributed by atoms with van der Waals surface area (Å²) in [6.07, 6.45) is 3.06. The van der Waals surface area contributed by atoms with Gasteiger partial charge in [-0.25, -0.2) is 25.1 Å². The van der Waals surface area contributed by atoms with Crippen molar-refractivity contribution in [1.29, 1.82) is 0 Å². The zero-order valence-corrected chi connectivity index (χ0v) is 19.7. The highest BCUT2D eigenvalue weighted by Gasteiger charge is 2.26. The highest BCUT2D eigenvalue weighted by Crippen LogP contribution is 2.29. The third-order valence-corrected chi connectivity index (χ3v) is 4.56. The molecule has 0 bridgehead atoms. The monoisotopic (exact) mass is 534 g/mol. The summed E-state index contributed by atoms with van der Waals surface area (Å²) in [5.41, 5.74) is 10.8. The SMILES string of the molecule is Cc1ccc(N(C(=O)NNC(=O)CN)C(=O)c2ccccc2)cc1Oc1ncc(Br)cn1.Cl. The van der Waals surface area contributed by atoms with Crippen molar-refractivity contribution in [2.45, 2.75) is 6.92 Å². The number of amides is 4. The topological polar surface area (TPSA) is 140 Å². The van der Waals surface area contributed by atoms with Crippen LogP contribution in [0.25, 0.3) is 0 Å². The average Bonchev–Trinajstić information content (AvgIpc) is 2.81. The van der Waals surface area contributed by atoms with Crippen LogP contribution in [-0.4, -0.2) is 34.4 Å². The summed E-state index contributed by atoms with van der Waals surface area (Å²) in [5, 5.41) is 0. The first-order chi connectivity index (χ1) is 15.4. The number of carbonyl (C=O) groups is 3. The van der Waals surface area contributed by atoms with Crippen molar-refractivity contribution in [1.82, 2.24) is 20.8 Å². The number of nitrogens with one attached hydrogen (secondary N) is 2. The van der Waals surface area contributed by atoms with Crippen molar-refractivity contribution in [3.05, 3.63) is 76.5 Å². The molecule has 0 fully saturated rings. The molecule has 0 spiro atoms. The van der Waals surface area contributed by atoms with E-state index in [9.17, 15) is 14.4 Å². The molecule has 0 saturated carbocycles. The Balaban J connectivity index is 0.00000385. The van der Waals surface area contributed by atoms with E-state index >= 15 is 0 Å². The summed E-state index contributed by atoms with van der Waals surface area (Å²) < 4.78 is 6.42. The van der Waals surface area contributed by atoms with Crippen LogP contribution in [-0.2, 0) is 4.79 Å². The van der Waals surface area contributed by atoms with E-state index in [1.165, 1.54) is 18.5 Å². The van der Waals surface area contributed by atoms with Crippen LogP contribution in [0.3, 0.4) is 0 Å². The lowest BCUT2D eigenvalue weighted by Gasteiger charge is -2.22. The Morgan fingerprint density at radius 2 is 1.73 bits per heavy atom. The molecule has 3 rings (SSSR count). The fourth-order valence-corrected chi connectivity index (χ4v) is 2.76. The van der Waals surface area contributed by atoms with Gasteiger partial charge in [0.05, 0.1) is 16.7 Å². The van der Waals surface area contributed by atoms with Crippen LogP contribution in [0.15, 0.2) is 65.4 Å². The largest absolute Gasteiger partial charge is 0.424 e. The van der Waals surface area contributed by atoms with Crippen LogP contribution in [0, 0.1) is 6.92 Å². The Kier molecular flexibility index (Phi) is 9.28. The number of hydrogen-bond donors (Lipinski definition) is 3. The number of nitrogens with zero attached hydrogens (tertiary/aromatic N) is 3. The molecular weight excluding hydrogens is 516 g/mol. The molecule has 0 saturated heterocycles. The van der Waals surface area contributed by atoms with Crippen molar-refractivity contribution in [2.24, 2.45) is 5.73 Å². The van der Waals surface area contributed by atoms with E-state index in [-0.39, 0.29) is 36.2 Å². The van der Waals surface area contributed by atoms with Crippen molar-refractivity contribution >= 4 is 51.9 Å². The first-order valence-corrected chi connectivity index (χ1v) is 10.1. The average molecular weight is 536 g/mol. The predicted molar refractivity (Wildman–Crippen MR) is 127 cm³/mol. The minimum absolute atomic E-state index is 0. The maximum absolute atomic E-state index is 13.1. The zero-order chi connectivity index (χ0) is 23.1. The molecule has 1 heterocycles.